The van der Waals surface area contributed by atoms with Gasteiger partial charge in [-0.3, -0.25) is 15.0 Å². The molecule has 3 aromatic heterocycles. The highest BCUT2D eigenvalue weighted by atomic mass is 35.5. The smallest absolute Gasteiger partial charge is 0.169 e. The maximum absolute atomic E-state index is 14.0. The molecule has 0 saturated heterocycles. The normalized spacial score (nSPS) is 15.9. The SMILES string of the molecule is C[B]/C(Cl)=C(\C=C(\C)Nc1cc(-c2ccc3c(n2)C(C)CC3)ncc1C)OCc1ncc(F)cc1F. The molecule has 1 aliphatic carbocycles. The van der Waals surface area contributed by atoms with Gasteiger partial charge in [0.2, 0.25) is 0 Å². The number of nitrogens with one attached hydrogen (secondary N) is 1. The number of aromatic nitrogens is 3. The van der Waals surface area contributed by atoms with Crippen molar-refractivity contribution in [3.05, 3.63) is 93.3 Å². The molecule has 1 unspecified atom stereocenters. The molecule has 36 heavy (non-hydrogen) atoms. The van der Waals surface area contributed by atoms with Crippen LogP contribution in [0, 0.1) is 18.6 Å². The first-order chi connectivity index (χ1) is 17.2. The molecule has 1 radical (unpaired) electrons. The van der Waals surface area contributed by atoms with E-state index in [1.165, 1.54) is 5.56 Å². The predicted octanol–water partition coefficient (Wildman–Crippen LogP) is 6.87. The summed E-state index contributed by atoms with van der Waals surface area (Å²) in [6.07, 6.45) is 6.68. The van der Waals surface area contributed by atoms with Crippen molar-refractivity contribution >= 4 is 24.6 Å². The highest BCUT2D eigenvalue weighted by Crippen LogP contribution is 2.33. The third-order valence-corrected chi connectivity index (χ3v) is 6.51. The Morgan fingerprint density at radius 3 is 2.78 bits per heavy atom. The van der Waals surface area contributed by atoms with Crippen LogP contribution in [0.2, 0.25) is 6.82 Å². The average Bonchev–Trinajstić information content (AvgIpc) is 3.23. The Morgan fingerprint density at radius 1 is 1.22 bits per heavy atom. The highest BCUT2D eigenvalue weighted by Gasteiger charge is 2.21. The van der Waals surface area contributed by atoms with Crippen LogP contribution in [0.4, 0.5) is 14.5 Å². The molecule has 9 heteroatoms. The summed E-state index contributed by atoms with van der Waals surface area (Å²) in [6, 6.07) is 6.91. The number of halogens is 3. The number of hydrogen-bond acceptors (Lipinski definition) is 5. The maximum Gasteiger partial charge on any atom is 0.169 e. The molecular weight excluding hydrogens is 481 g/mol. The van der Waals surface area contributed by atoms with E-state index in [2.05, 4.69) is 28.3 Å². The number of anilines is 1. The molecule has 0 bridgehead atoms. The molecule has 0 spiro atoms. The van der Waals surface area contributed by atoms with E-state index in [1.807, 2.05) is 32.2 Å². The van der Waals surface area contributed by atoms with Crippen LogP contribution in [0.5, 0.6) is 0 Å². The third kappa shape index (κ3) is 5.93. The zero-order valence-electron chi connectivity index (χ0n) is 20.7. The molecule has 0 aliphatic heterocycles. The van der Waals surface area contributed by atoms with Crippen LogP contribution in [0.15, 0.2) is 59.1 Å². The number of aryl methyl sites for hydroxylation is 2. The summed E-state index contributed by atoms with van der Waals surface area (Å²) >= 11 is 6.34. The summed E-state index contributed by atoms with van der Waals surface area (Å²) in [6.45, 7) is 7.61. The quantitative estimate of drug-likeness (QED) is 0.205. The first kappa shape index (κ1) is 25.8. The summed E-state index contributed by atoms with van der Waals surface area (Å²) in [7, 11) is 1.67. The van der Waals surface area contributed by atoms with Crippen LogP contribution in [-0.2, 0) is 17.8 Å². The fraction of sp³-hybridized carbons (Fsp3) is 0.296. The molecular formula is C27H27BClF2N4O. The van der Waals surface area contributed by atoms with E-state index in [0.717, 1.165) is 59.1 Å². The van der Waals surface area contributed by atoms with Gasteiger partial charge in [0.05, 0.1) is 17.6 Å². The molecule has 185 valence electrons. The molecule has 0 fully saturated rings. The lowest BCUT2D eigenvalue weighted by Gasteiger charge is -2.14. The highest BCUT2D eigenvalue weighted by molar-refractivity contribution is 6.63. The summed E-state index contributed by atoms with van der Waals surface area (Å²) in [4.78, 5) is 13.6. The van der Waals surface area contributed by atoms with Crippen LogP contribution < -0.4 is 5.32 Å². The van der Waals surface area contributed by atoms with Gasteiger partial charge in [-0.25, -0.2) is 8.78 Å². The summed E-state index contributed by atoms with van der Waals surface area (Å²) < 4.78 is 32.9. The van der Waals surface area contributed by atoms with Crippen LogP contribution in [0.25, 0.3) is 11.4 Å². The zero-order chi connectivity index (χ0) is 25.8. The topological polar surface area (TPSA) is 59.9 Å². The minimum absolute atomic E-state index is 0.0146. The molecule has 0 amide bonds. The lowest BCUT2D eigenvalue weighted by atomic mass is 9.81. The number of pyridine rings is 3. The molecule has 0 aromatic carbocycles. The molecule has 1 aliphatic rings. The first-order valence-corrected chi connectivity index (χ1v) is 12.2. The molecule has 1 N–H and O–H groups in total. The van der Waals surface area contributed by atoms with Gasteiger partial charge in [0.25, 0.3) is 0 Å². The van der Waals surface area contributed by atoms with Gasteiger partial charge in [-0.05, 0) is 61.9 Å². The summed E-state index contributed by atoms with van der Waals surface area (Å²) in [5.41, 5.74) is 6.65. The second-order valence-electron chi connectivity index (χ2n) is 8.89. The molecule has 5 nitrogen and oxygen atoms in total. The van der Waals surface area contributed by atoms with Crippen molar-refractivity contribution in [3.63, 3.8) is 0 Å². The van der Waals surface area contributed by atoms with E-state index in [9.17, 15) is 8.78 Å². The summed E-state index contributed by atoms with van der Waals surface area (Å²) in [5.74, 6) is -0.740. The maximum atomic E-state index is 14.0. The first-order valence-electron chi connectivity index (χ1n) is 11.8. The van der Waals surface area contributed by atoms with Crippen molar-refractivity contribution in [3.8, 4) is 11.4 Å². The molecule has 0 saturated carbocycles. The van der Waals surface area contributed by atoms with E-state index in [4.69, 9.17) is 21.3 Å². The van der Waals surface area contributed by atoms with E-state index < -0.39 is 11.6 Å². The van der Waals surface area contributed by atoms with E-state index in [-0.39, 0.29) is 12.3 Å². The van der Waals surface area contributed by atoms with Gasteiger partial charge < -0.3 is 10.1 Å². The Kier molecular flexibility index (Phi) is 8.04. The molecule has 4 rings (SSSR count). The Balaban J connectivity index is 1.54. The van der Waals surface area contributed by atoms with Gasteiger partial charge in [0, 0.05) is 34.3 Å². The number of fused-ring (bicyclic) bond motifs is 1. The minimum atomic E-state index is -0.778. The Hall–Kier alpha value is -3.26. The molecule has 1 atom stereocenters. The largest absolute Gasteiger partial charge is 0.487 e. The fourth-order valence-corrected chi connectivity index (χ4v) is 4.16. The van der Waals surface area contributed by atoms with Gasteiger partial charge in [-0.2, -0.15) is 0 Å². The third-order valence-electron chi connectivity index (χ3n) is 6.11. The van der Waals surface area contributed by atoms with E-state index >= 15 is 0 Å². The molecule has 3 aromatic rings. The summed E-state index contributed by atoms with van der Waals surface area (Å²) in [5, 5.41) is 3.38. The van der Waals surface area contributed by atoms with E-state index in [1.54, 1.807) is 20.2 Å². The number of rotatable bonds is 8. The van der Waals surface area contributed by atoms with Crippen molar-refractivity contribution in [2.24, 2.45) is 0 Å². The predicted molar refractivity (Wildman–Crippen MR) is 140 cm³/mol. The van der Waals surface area contributed by atoms with Crippen molar-refractivity contribution < 1.29 is 13.5 Å². The van der Waals surface area contributed by atoms with Crippen molar-refractivity contribution in [1.82, 2.24) is 15.0 Å². The zero-order valence-corrected chi connectivity index (χ0v) is 21.5. The van der Waals surface area contributed by atoms with Crippen molar-refractivity contribution in [2.75, 3.05) is 5.32 Å². The van der Waals surface area contributed by atoms with Gasteiger partial charge in [-0.15, -0.1) is 0 Å². The van der Waals surface area contributed by atoms with Crippen molar-refractivity contribution in [1.29, 1.82) is 0 Å². The lowest BCUT2D eigenvalue weighted by molar-refractivity contribution is 0.202. The molecule has 3 heterocycles. The number of hydrogen-bond donors (Lipinski definition) is 1. The van der Waals surface area contributed by atoms with Crippen LogP contribution in [-0.4, -0.2) is 22.2 Å². The lowest BCUT2D eigenvalue weighted by Crippen LogP contribution is -2.05. The van der Waals surface area contributed by atoms with Gasteiger partial charge in [0.15, 0.2) is 13.1 Å². The fourth-order valence-electron chi connectivity index (χ4n) is 4.05. The standard InChI is InChI=1S/C27H27BClF2N4O/c1-15-5-6-18-7-8-21(35-26(15)18)23-11-22(16(2)12-32-23)34-17(3)9-25(27(29)28-4)36-14-24-20(31)10-19(30)13-33-24/h7-13,15H,5-6,14H2,1-4H3,(H,32,34)/b17-9-,27-25-. The van der Waals surface area contributed by atoms with Gasteiger partial charge >= 0.3 is 0 Å². The Bertz CT molecular complexity index is 1350. The van der Waals surface area contributed by atoms with Crippen LogP contribution in [0.1, 0.15) is 48.7 Å². The monoisotopic (exact) mass is 507 g/mol. The Morgan fingerprint density at radius 2 is 2.03 bits per heavy atom. The average molecular weight is 508 g/mol. The minimum Gasteiger partial charge on any atom is -0.487 e. The van der Waals surface area contributed by atoms with E-state index in [0.29, 0.717) is 16.6 Å². The Labute approximate surface area is 215 Å². The number of allylic oxidation sites excluding steroid dienone is 2. The number of ether oxygens (including phenoxy) is 1. The van der Waals surface area contributed by atoms with Gasteiger partial charge in [-0.1, -0.05) is 31.4 Å². The van der Waals surface area contributed by atoms with Gasteiger partial charge in [0.1, 0.15) is 23.9 Å². The van der Waals surface area contributed by atoms with Crippen LogP contribution >= 0.6 is 11.6 Å². The van der Waals surface area contributed by atoms with Crippen LogP contribution in [0.3, 0.4) is 0 Å². The number of nitrogens with zero attached hydrogens (tertiary/aromatic N) is 3. The second kappa shape index (κ2) is 11.2. The second-order valence-corrected chi connectivity index (χ2v) is 9.30. The van der Waals surface area contributed by atoms with Crippen molar-refractivity contribution in [2.45, 2.75) is 53.0 Å².